The van der Waals surface area contributed by atoms with Crippen LogP contribution in [0.25, 0.3) is 0 Å². The van der Waals surface area contributed by atoms with E-state index in [1.54, 1.807) is 12.1 Å². The Morgan fingerprint density at radius 1 is 1.14 bits per heavy atom. The van der Waals surface area contributed by atoms with Crippen LogP contribution in [0.15, 0.2) is 42.5 Å². The van der Waals surface area contributed by atoms with Gasteiger partial charge >= 0.3 is 0 Å². The number of hydrogen-bond acceptors (Lipinski definition) is 5. The number of nitro benzene ring substituents is 1. The van der Waals surface area contributed by atoms with E-state index in [2.05, 4.69) is 10.2 Å². The highest BCUT2D eigenvalue weighted by Gasteiger charge is 2.20. The van der Waals surface area contributed by atoms with Crippen molar-refractivity contribution in [3.8, 4) is 0 Å². The minimum Gasteiger partial charge on any atom is -0.325 e. The number of non-ortho nitro benzene ring substituents is 1. The van der Waals surface area contributed by atoms with Crippen molar-refractivity contribution in [3.63, 3.8) is 0 Å². The second-order valence-corrected chi connectivity index (χ2v) is 7.05. The molecular formula is C19H20ClFN4O3. The van der Waals surface area contributed by atoms with Gasteiger partial charge in [0.25, 0.3) is 5.69 Å². The number of nitrogens with one attached hydrogen (secondary N) is 1. The summed E-state index contributed by atoms with van der Waals surface area (Å²) in [6.07, 6.45) is 0. The highest BCUT2D eigenvalue weighted by Crippen LogP contribution is 2.20. The highest BCUT2D eigenvalue weighted by molar-refractivity contribution is 6.31. The van der Waals surface area contributed by atoms with E-state index < -0.39 is 4.92 Å². The zero-order chi connectivity index (χ0) is 20.1. The fraction of sp³-hybridized carbons (Fsp3) is 0.316. The molecule has 148 valence electrons. The number of nitrogens with zero attached hydrogens (tertiary/aromatic N) is 3. The van der Waals surface area contributed by atoms with Crippen LogP contribution in [0, 0.1) is 15.9 Å². The topological polar surface area (TPSA) is 78.7 Å². The summed E-state index contributed by atoms with van der Waals surface area (Å²) in [6, 6.07) is 10.3. The van der Waals surface area contributed by atoms with E-state index in [0.29, 0.717) is 30.3 Å². The Hall–Kier alpha value is -2.55. The molecule has 0 atom stereocenters. The molecule has 0 radical (unpaired) electrons. The molecule has 0 saturated carbocycles. The Morgan fingerprint density at radius 3 is 2.54 bits per heavy atom. The van der Waals surface area contributed by atoms with E-state index >= 15 is 0 Å². The number of amides is 1. The van der Waals surface area contributed by atoms with Crippen LogP contribution in [0.2, 0.25) is 5.02 Å². The maximum Gasteiger partial charge on any atom is 0.271 e. The van der Waals surface area contributed by atoms with E-state index in [0.717, 1.165) is 18.7 Å². The van der Waals surface area contributed by atoms with Gasteiger partial charge in [0.15, 0.2) is 0 Å². The second-order valence-electron chi connectivity index (χ2n) is 6.64. The minimum atomic E-state index is -0.498. The molecule has 1 heterocycles. The third kappa shape index (κ3) is 5.48. The number of hydrogen-bond donors (Lipinski definition) is 1. The SMILES string of the molecule is O=C(CN1CCN(Cc2ccc(F)cc2Cl)CC1)Nc1cccc([N+](=O)[O-])c1. The summed E-state index contributed by atoms with van der Waals surface area (Å²) < 4.78 is 13.1. The first-order valence-electron chi connectivity index (χ1n) is 8.83. The fourth-order valence-corrected chi connectivity index (χ4v) is 3.32. The summed E-state index contributed by atoms with van der Waals surface area (Å²) in [6.45, 7) is 3.79. The summed E-state index contributed by atoms with van der Waals surface area (Å²) in [4.78, 5) is 26.8. The van der Waals surface area contributed by atoms with Crippen molar-refractivity contribution in [3.05, 3.63) is 69.0 Å². The van der Waals surface area contributed by atoms with E-state index in [1.807, 2.05) is 4.90 Å². The number of carbonyl (C=O) groups excluding carboxylic acids is 1. The van der Waals surface area contributed by atoms with Crippen molar-refractivity contribution in [2.45, 2.75) is 6.54 Å². The largest absolute Gasteiger partial charge is 0.325 e. The van der Waals surface area contributed by atoms with Gasteiger partial charge in [0.05, 0.1) is 11.5 Å². The summed E-state index contributed by atoms with van der Waals surface area (Å²) in [7, 11) is 0. The van der Waals surface area contributed by atoms with Gasteiger partial charge in [0, 0.05) is 55.6 Å². The van der Waals surface area contributed by atoms with Crippen LogP contribution in [0.4, 0.5) is 15.8 Å². The monoisotopic (exact) mass is 406 g/mol. The molecule has 1 fully saturated rings. The van der Waals surface area contributed by atoms with Crippen LogP contribution < -0.4 is 5.32 Å². The van der Waals surface area contributed by atoms with E-state index in [-0.39, 0.29) is 24.0 Å². The van der Waals surface area contributed by atoms with E-state index in [9.17, 15) is 19.3 Å². The fourth-order valence-electron chi connectivity index (χ4n) is 3.10. The number of halogens is 2. The molecule has 1 aliphatic heterocycles. The molecular weight excluding hydrogens is 387 g/mol. The lowest BCUT2D eigenvalue weighted by atomic mass is 10.2. The van der Waals surface area contributed by atoms with Crippen LogP contribution in [0.5, 0.6) is 0 Å². The average molecular weight is 407 g/mol. The van der Waals surface area contributed by atoms with Crippen molar-refractivity contribution in [2.75, 3.05) is 38.0 Å². The van der Waals surface area contributed by atoms with Gasteiger partial charge in [0.2, 0.25) is 5.91 Å². The quantitative estimate of drug-likeness (QED) is 0.589. The predicted octanol–water partition coefficient (Wildman–Crippen LogP) is 3.14. The maximum atomic E-state index is 13.1. The maximum absolute atomic E-state index is 13.1. The molecule has 9 heteroatoms. The number of nitro groups is 1. The molecule has 0 unspecified atom stereocenters. The van der Waals surface area contributed by atoms with Gasteiger partial charge in [-0.2, -0.15) is 0 Å². The van der Waals surface area contributed by atoms with Crippen molar-refractivity contribution in [1.29, 1.82) is 0 Å². The van der Waals surface area contributed by atoms with Gasteiger partial charge in [-0.15, -0.1) is 0 Å². The minimum absolute atomic E-state index is 0.0640. The lowest BCUT2D eigenvalue weighted by Crippen LogP contribution is -2.48. The van der Waals surface area contributed by atoms with Gasteiger partial charge in [-0.3, -0.25) is 24.7 Å². The Bertz CT molecular complexity index is 872. The van der Waals surface area contributed by atoms with Gasteiger partial charge in [-0.1, -0.05) is 23.7 Å². The first-order valence-corrected chi connectivity index (χ1v) is 9.21. The zero-order valence-electron chi connectivity index (χ0n) is 15.1. The number of carbonyl (C=O) groups is 1. The first kappa shape index (κ1) is 20.2. The smallest absolute Gasteiger partial charge is 0.271 e. The molecule has 1 N–H and O–H groups in total. The Morgan fingerprint density at radius 2 is 1.86 bits per heavy atom. The summed E-state index contributed by atoms with van der Waals surface area (Å²) in [5, 5.41) is 13.9. The van der Waals surface area contributed by atoms with Gasteiger partial charge < -0.3 is 5.32 Å². The van der Waals surface area contributed by atoms with E-state index in [4.69, 9.17) is 11.6 Å². The molecule has 0 spiro atoms. The molecule has 1 aliphatic rings. The highest BCUT2D eigenvalue weighted by atomic mass is 35.5. The molecule has 0 aromatic heterocycles. The molecule has 1 amide bonds. The van der Waals surface area contributed by atoms with Crippen molar-refractivity contribution in [1.82, 2.24) is 9.80 Å². The lowest BCUT2D eigenvalue weighted by Gasteiger charge is -2.34. The Labute approximate surface area is 166 Å². The summed E-state index contributed by atoms with van der Waals surface area (Å²) in [5.74, 6) is -0.566. The van der Waals surface area contributed by atoms with Crippen LogP contribution in [0.1, 0.15) is 5.56 Å². The molecule has 2 aromatic rings. The normalized spacial score (nSPS) is 15.4. The number of anilines is 1. The molecule has 2 aromatic carbocycles. The lowest BCUT2D eigenvalue weighted by molar-refractivity contribution is -0.384. The van der Waals surface area contributed by atoms with Gasteiger partial charge in [-0.25, -0.2) is 4.39 Å². The number of piperazine rings is 1. The molecule has 0 bridgehead atoms. The zero-order valence-corrected chi connectivity index (χ0v) is 15.9. The molecule has 1 saturated heterocycles. The van der Waals surface area contributed by atoms with Crippen molar-refractivity contribution < 1.29 is 14.1 Å². The predicted molar refractivity (Wildman–Crippen MR) is 105 cm³/mol. The third-order valence-corrected chi connectivity index (χ3v) is 4.93. The van der Waals surface area contributed by atoms with Crippen LogP contribution in [-0.4, -0.2) is 53.4 Å². The summed E-state index contributed by atoms with van der Waals surface area (Å²) in [5.41, 5.74) is 1.22. The molecule has 0 aliphatic carbocycles. The summed E-state index contributed by atoms with van der Waals surface area (Å²) >= 11 is 6.08. The standard InChI is InChI=1S/C19H20ClFN4O3/c20-18-10-15(21)5-4-14(18)12-23-6-8-24(9-7-23)13-19(26)22-16-2-1-3-17(11-16)25(27)28/h1-5,10-11H,6-9,12-13H2,(H,22,26). The Balaban J connectivity index is 1.46. The van der Waals surface area contributed by atoms with Gasteiger partial charge in [0.1, 0.15) is 5.82 Å². The number of rotatable bonds is 6. The Kier molecular flexibility index (Phi) is 6.56. The first-order chi connectivity index (χ1) is 13.4. The third-order valence-electron chi connectivity index (χ3n) is 4.58. The second kappa shape index (κ2) is 9.09. The van der Waals surface area contributed by atoms with Crippen LogP contribution >= 0.6 is 11.6 Å². The number of benzene rings is 2. The van der Waals surface area contributed by atoms with Gasteiger partial charge in [-0.05, 0) is 23.8 Å². The molecule has 3 rings (SSSR count). The van der Waals surface area contributed by atoms with E-state index in [1.165, 1.54) is 30.3 Å². The molecule has 28 heavy (non-hydrogen) atoms. The van der Waals surface area contributed by atoms with Crippen LogP contribution in [-0.2, 0) is 11.3 Å². The average Bonchev–Trinajstić information content (AvgIpc) is 2.65. The van der Waals surface area contributed by atoms with Crippen molar-refractivity contribution in [2.24, 2.45) is 0 Å². The van der Waals surface area contributed by atoms with Crippen LogP contribution in [0.3, 0.4) is 0 Å². The van der Waals surface area contributed by atoms with Crippen molar-refractivity contribution >= 4 is 28.9 Å². The molecule has 7 nitrogen and oxygen atoms in total.